The van der Waals surface area contributed by atoms with Crippen LogP contribution in [0, 0.1) is 6.92 Å². The van der Waals surface area contributed by atoms with Crippen LogP contribution >= 0.6 is 11.3 Å². The van der Waals surface area contributed by atoms with Crippen LogP contribution in [-0.4, -0.2) is 19.6 Å². The molecule has 0 saturated heterocycles. The van der Waals surface area contributed by atoms with Crippen molar-refractivity contribution >= 4 is 11.3 Å². The van der Waals surface area contributed by atoms with Crippen molar-refractivity contribution < 1.29 is 5.11 Å². The van der Waals surface area contributed by atoms with E-state index in [0.29, 0.717) is 6.42 Å². The van der Waals surface area contributed by atoms with Crippen molar-refractivity contribution in [1.82, 2.24) is 14.5 Å². The van der Waals surface area contributed by atoms with Gasteiger partial charge in [-0.25, -0.2) is 9.97 Å². The van der Waals surface area contributed by atoms with Crippen LogP contribution in [0.4, 0.5) is 0 Å². The molecule has 80 valence electrons. The molecule has 1 unspecified atom stereocenters. The smallest absolute Gasteiger partial charge is 0.102 e. The van der Waals surface area contributed by atoms with E-state index in [1.165, 1.54) is 0 Å². The van der Waals surface area contributed by atoms with Crippen molar-refractivity contribution in [1.29, 1.82) is 0 Å². The predicted octanol–water partition coefficient (Wildman–Crippen LogP) is 1.46. The lowest BCUT2D eigenvalue weighted by molar-refractivity contribution is 0.170. The van der Waals surface area contributed by atoms with Crippen LogP contribution in [0.2, 0.25) is 0 Å². The topological polar surface area (TPSA) is 50.9 Å². The van der Waals surface area contributed by atoms with Gasteiger partial charge in [-0.3, -0.25) is 0 Å². The number of hydrogen-bond donors (Lipinski definition) is 1. The Bertz CT molecular complexity index is 449. The van der Waals surface area contributed by atoms with Crippen LogP contribution in [0.5, 0.6) is 0 Å². The third kappa shape index (κ3) is 2.24. The molecule has 15 heavy (non-hydrogen) atoms. The number of hydrogen-bond acceptors (Lipinski definition) is 4. The van der Waals surface area contributed by atoms with Crippen molar-refractivity contribution in [3.8, 4) is 0 Å². The Morgan fingerprint density at radius 2 is 2.40 bits per heavy atom. The average Bonchev–Trinajstić information content (AvgIpc) is 2.75. The first-order valence-corrected chi connectivity index (χ1v) is 5.60. The summed E-state index contributed by atoms with van der Waals surface area (Å²) < 4.78 is 1.82. The highest BCUT2D eigenvalue weighted by molar-refractivity contribution is 7.09. The van der Waals surface area contributed by atoms with E-state index in [1.807, 2.05) is 23.9 Å². The minimum atomic E-state index is -0.525. The Morgan fingerprint density at radius 1 is 1.60 bits per heavy atom. The van der Waals surface area contributed by atoms with Gasteiger partial charge in [-0.15, -0.1) is 11.3 Å². The Balaban J connectivity index is 2.10. The number of thiazole rings is 1. The third-order valence-corrected chi connectivity index (χ3v) is 3.22. The molecule has 2 aromatic heterocycles. The molecular formula is C10H13N3OS. The summed E-state index contributed by atoms with van der Waals surface area (Å²) in [6.45, 7) is 1.95. The molecule has 0 saturated carbocycles. The van der Waals surface area contributed by atoms with Crippen LogP contribution in [0.25, 0.3) is 0 Å². The lowest BCUT2D eigenvalue weighted by atomic mass is 10.2. The standard InChI is InChI=1S/C10H13N3OS/c1-7-5-15-10(12-7)3-9(14)8-4-11-6-13(8)2/h4-6,9,14H,3H2,1-2H3. The van der Waals surface area contributed by atoms with E-state index >= 15 is 0 Å². The van der Waals surface area contributed by atoms with Gasteiger partial charge in [0.05, 0.1) is 23.2 Å². The highest BCUT2D eigenvalue weighted by atomic mass is 32.1. The van der Waals surface area contributed by atoms with Crippen LogP contribution in [0.3, 0.4) is 0 Å². The van der Waals surface area contributed by atoms with E-state index in [4.69, 9.17) is 0 Å². The van der Waals surface area contributed by atoms with E-state index in [9.17, 15) is 5.11 Å². The highest BCUT2D eigenvalue weighted by Crippen LogP contribution is 2.19. The summed E-state index contributed by atoms with van der Waals surface area (Å²) >= 11 is 1.58. The van der Waals surface area contributed by atoms with Crippen LogP contribution in [-0.2, 0) is 13.5 Å². The zero-order chi connectivity index (χ0) is 10.8. The minimum absolute atomic E-state index is 0.525. The number of nitrogens with zero attached hydrogens (tertiary/aromatic N) is 3. The van der Waals surface area contributed by atoms with Crippen LogP contribution in [0.1, 0.15) is 22.5 Å². The average molecular weight is 223 g/mol. The minimum Gasteiger partial charge on any atom is -0.386 e. The first kappa shape index (κ1) is 10.3. The Morgan fingerprint density at radius 3 is 2.93 bits per heavy atom. The van der Waals surface area contributed by atoms with Gasteiger partial charge in [0.2, 0.25) is 0 Å². The SMILES string of the molecule is Cc1csc(CC(O)c2cncn2C)n1. The summed E-state index contributed by atoms with van der Waals surface area (Å²) in [5.74, 6) is 0. The van der Waals surface area contributed by atoms with Crippen molar-refractivity contribution in [3.63, 3.8) is 0 Å². The van der Waals surface area contributed by atoms with Gasteiger partial charge >= 0.3 is 0 Å². The third-order valence-electron chi connectivity index (χ3n) is 2.23. The summed E-state index contributed by atoms with van der Waals surface area (Å²) in [5, 5.41) is 12.9. The summed E-state index contributed by atoms with van der Waals surface area (Å²) in [4.78, 5) is 8.29. The van der Waals surface area contributed by atoms with Crippen molar-refractivity contribution in [2.24, 2.45) is 7.05 Å². The van der Waals surface area contributed by atoms with Gasteiger partial charge in [0.25, 0.3) is 0 Å². The second kappa shape index (κ2) is 4.12. The molecule has 1 N–H and O–H groups in total. The lowest BCUT2D eigenvalue weighted by Crippen LogP contribution is -2.06. The number of aliphatic hydroxyl groups is 1. The van der Waals surface area contributed by atoms with Gasteiger partial charge in [-0.05, 0) is 6.92 Å². The second-order valence-corrected chi connectivity index (χ2v) is 4.47. The molecule has 1 atom stereocenters. The molecule has 0 bridgehead atoms. The molecule has 0 radical (unpaired) electrons. The van der Waals surface area contributed by atoms with Crippen molar-refractivity contribution in [2.45, 2.75) is 19.4 Å². The van der Waals surface area contributed by atoms with E-state index in [-0.39, 0.29) is 0 Å². The molecule has 2 aromatic rings. The van der Waals surface area contributed by atoms with E-state index in [1.54, 1.807) is 23.9 Å². The second-order valence-electron chi connectivity index (χ2n) is 3.53. The Hall–Kier alpha value is -1.20. The zero-order valence-corrected chi connectivity index (χ0v) is 9.53. The number of aromatic nitrogens is 3. The van der Waals surface area contributed by atoms with Gasteiger partial charge in [0.15, 0.2) is 0 Å². The molecule has 0 aliphatic rings. The lowest BCUT2D eigenvalue weighted by Gasteiger charge is -2.08. The molecule has 2 rings (SSSR count). The molecule has 0 aliphatic carbocycles. The maximum atomic E-state index is 9.96. The molecule has 5 heteroatoms. The molecule has 0 amide bonds. The van der Waals surface area contributed by atoms with Gasteiger partial charge in [0, 0.05) is 24.5 Å². The molecule has 0 aliphatic heterocycles. The maximum absolute atomic E-state index is 9.96. The van der Waals surface area contributed by atoms with Crippen LogP contribution in [0.15, 0.2) is 17.9 Å². The quantitative estimate of drug-likeness (QED) is 0.857. The predicted molar refractivity (Wildman–Crippen MR) is 58.7 cm³/mol. The first-order chi connectivity index (χ1) is 7.16. The molecule has 0 spiro atoms. The van der Waals surface area contributed by atoms with Crippen molar-refractivity contribution in [3.05, 3.63) is 34.3 Å². The molecule has 0 fully saturated rings. The normalized spacial score (nSPS) is 13.0. The Labute approximate surface area is 92.2 Å². The fourth-order valence-electron chi connectivity index (χ4n) is 1.45. The van der Waals surface area contributed by atoms with Gasteiger partial charge in [0.1, 0.15) is 6.10 Å². The highest BCUT2D eigenvalue weighted by Gasteiger charge is 2.13. The fraction of sp³-hybridized carbons (Fsp3) is 0.400. The summed E-state index contributed by atoms with van der Waals surface area (Å²) in [5.41, 5.74) is 1.83. The number of imidazole rings is 1. The molecule has 2 heterocycles. The number of aryl methyl sites for hydroxylation is 2. The zero-order valence-electron chi connectivity index (χ0n) is 8.71. The van der Waals surface area contributed by atoms with E-state index < -0.39 is 6.10 Å². The van der Waals surface area contributed by atoms with E-state index in [0.717, 1.165) is 16.4 Å². The van der Waals surface area contributed by atoms with Gasteiger partial charge in [-0.2, -0.15) is 0 Å². The number of rotatable bonds is 3. The summed E-state index contributed by atoms with van der Waals surface area (Å²) in [7, 11) is 1.87. The molecule has 4 nitrogen and oxygen atoms in total. The van der Waals surface area contributed by atoms with Gasteiger partial charge < -0.3 is 9.67 Å². The number of aliphatic hydroxyl groups excluding tert-OH is 1. The summed E-state index contributed by atoms with van der Waals surface area (Å²) in [6, 6.07) is 0. The van der Waals surface area contributed by atoms with Crippen molar-refractivity contribution in [2.75, 3.05) is 0 Å². The fourth-order valence-corrected chi connectivity index (χ4v) is 2.27. The monoisotopic (exact) mass is 223 g/mol. The Kier molecular flexibility index (Phi) is 2.83. The summed E-state index contributed by atoms with van der Waals surface area (Å²) in [6.07, 6.45) is 3.40. The van der Waals surface area contributed by atoms with Crippen LogP contribution < -0.4 is 0 Å². The first-order valence-electron chi connectivity index (χ1n) is 4.72. The maximum Gasteiger partial charge on any atom is 0.102 e. The van der Waals surface area contributed by atoms with E-state index in [2.05, 4.69) is 9.97 Å². The molecular weight excluding hydrogens is 210 g/mol. The molecule has 0 aromatic carbocycles. The van der Waals surface area contributed by atoms with Gasteiger partial charge in [-0.1, -0.05) is 0 Å². The largest absolute Gasteiger partial charge is 0.386 e.